The number of carbonyl (C=O) groups is 1. The Morgan fingerprint density at radius 2 is 2.00 bits per heavy atom. The van der Waals surface area contributed by atoms with E-state index in [1.165, 1.54) is 0 Å². The zero-order valence-electron chi connectivity index (χ0n) is 8.79. The van der Waals surface area contributed by atoms with Crippen LogP contribution in [-0.4, -0.2) is 23.5 Å². The number of rotatable bonds is 6. The quantitative estimate of drug-likeness (QED) is 0.672. The minimum atomic E-state index is -0.0562. The average molecular weight is 205 g/mol. The van der Waals surface area contributed by atoms with E-state index in [0.717, 1.165) is 0 Å². The van der Waals surface area contributed by atoms with Crippen molar-refractivity contribution in [3.63, 3.8) is 0 Å². The van der Waals surface area contributed by atoms with Crippen molar-refractivity contribution in [3.8, 4) is 0 Å². The van der Waals surface area contributed by atoms with E-state index < -0.39 is 0 Å². The summed E-state index contributed by atoms with van der Waals surface area (Å²) in [6, 6.07) is 0. The van der Waals surface area contributed by atoms with E-state index in [1.54, 1.807) is 11.8 Å². The lowest BCUT2D eigenvalue weighted by molar-refractivity contribution is -0.131. The molecule has 0 rings (SSSR count). The van der Waals surface area contributed by atoms with Gasteiger partial charge in [-0.2, -0.15) is 0 Å². The molecule has 4 heteroatoms. The van der Waals surface area contributed by atoms with Crippen molar-refractivity contribution in [2.75, 3.05) is 12.4 Å². The Morgan fingerprint density at radius 1 is 1.38 bits per heavy atom. The summed E-state index contributed by atoms with van der Waals surface area (Å²) in [5.74, 6) is 0.855. The maximum Gasteiger partial charge on any atom is 0.253 e. The van der Waals surface area contributed by atoms with Gasteiger partial charge in [-0.15, -0.1) is 11.8 Å². The van der Waals surface area contributed by atoms with Crippen LogP contribution in [0.5, 0.6) is 0 Å². The van der Waals surface area contributed by atoms with Crippen molar-refractivity contribution >= 4 is 17.7 Å². The molecule has 0 radical (unpaired) electrons. The maximum absolute atomic E-state index is 11.1. The first kappa shape index (κ1) is 12.8. The van der Waals surface area contributed by atoms with Gasteiger partial charge in [-0.25, -0.2) is 5.48 Å². The molecule has 0 saturated heterocycles. The third-order valence-corrected chi connectivity index (χ3v) is 2.25. The van der Waals surface area contributed by atoms with Crippen LogP contribution in [0.4, 0.5) is 0 Å². The molecule has 0 atom stereocenters. The highest BCUT2D eigenvalue weighted by atomic mass is 32.2. The molecule has 0 fully saturated rings. The number of hydroxylamine groups is 1. The van der Waals surface area contributed by atoms with Gasteiger partial charge in [0.1, 0.15) is 0 Å². The van der Waals surface area contributed by atoms with Crippen molar-refractivity contribution < 1.29 is 9.63 Å². The van der Waals surface area contributed by atoms with E-state index in [-0.39, 0.29) is 5.91 Å². The predicted molar refractivity (Wildman–Crippen MR) is 56.5 cm³/mol. The number of amides is 1. The highest BCUT2D eigenvalue weighted by Crippen LogP contribution is 2.07. The zero-order chi connectivity index (χ0) is 10.3. The number of nitrogens with one attached hydrogen (secondary N) is 1. The Hall–Kier alpha value is -0.220. The van der Waals surface area contributed by atoms with Crippen LogP contribution in [0.3, 0.4) is 0 Å². The Kier molecular flexibility index (Phi) is 7.09. The topological polar surface area (TPSA) is 38.3 Å². The van der Waals surface area contributed by atoms with Gasteiger partial charge >= 0.3 is 0 Å². The molecule has 0 saturated carbocycles. The summed E-state index contributed by atoms with van der Waals surface area (Å²) in [6.07, 6.45) is 0. The van der Waals surface area contributed by atoms with Gasteiger partial charge in [0.15, 0.2) is 0 Å². The van der Waals surface area contributed by atoms with Crippen molar-refractivity contribution in [3.05, 3.63) is 0 Å². The molecule has 0 heterocycles. The molecule has 0 aliphatic rings. The minimum absolute atomic E-state index is 0.0562. The van der Waals surface area contributed by atoms with Crippen molar-refractivity contribution in [1.82, 2.24) is 5.48 Å². The lowest BCUT2D eigenvalue weighted by Crippen LogP contribution is -2.27. The average Bonchev–Trinajstić information content (AvgIpc) is 2.00. The summed E-state index contributed by atoms with van der Waals surface area (Å²) in [5, 5.41) is 0.482. The second-order valence-electron chi connectivity index (χ2n) is 3.59. The van der Waals surface area contributed by atoms with Gasteiger partial charge in [-0.1, -0.05) is 27.7 Å². The largest absolute Gasteiger partial charge is 0.273 e. The normalized spacial score (nSPS) is 10.9. The Labute approximate surface area is 84.6 Å². The lowest BCUT2D eigenvalue weighted by atomic mass is 10.2. The first-order valence-electron chi connectivity index (χ1n) is 4.54. The smallest absolute Gasteiger partial charge is 0.253 e. The van der Waals surface area contributed by atoms with Gasteiger partial charge in [0.2, 0.25) is 0 Å². The molecule has 0 aliphatic carbocycles. The molecular formula is C9H19NO2S. The molecule has 0 aromatic heterocycles. The summed E-state index contributed by atoms with van der Waals surface area (Å²) in [7, 11) is 0. The lowest BCUT2D eigenvalue weighted by Gasteiger charge is -2.08. The van der Waals surface area contributed by atoms with Gasteiger partial charge in [0.05, 0.1) is 12.4 Å². The van der Waals surface area contributed by atoms with Crippen LogP contribution in [0.2, 0.25) is 0 Å². The molecule has 0 unspecified atom stereocenters. The number of hydrogen-bond acceptors (Lipinski definition) is 3. The van der Waals surface area contributed by atoms with E-state index in [1.807, 2.05) is 13.8 Å². The number of hydrogen-bond donors (Lipinski definition) is 1. The first-order valence-corrected chi connectivity index (χ1v) is 5.59. The van der Waals surface area contributed by atoms with E-state index in [0.29, 0.717) is 23.5 Å². The zero-order valence-corrected chi connectivity index (χ0v) is 9.61. The van der Waals surface area contributed by atoms with Crippen molar-refractivity contribution in [2.45, 2.75) is 32.9 Å². The predicted octanol–water partition coefficient (Wildman–Crippen LogP) is 1.83. The molecule has 0 spiro atoms. The summed E-state index contributed by atoms with van der Waals surface area (Å²) in [6.45, 7) is 8.77. The molecule has 1 amide bonds. The van der Waals surface area contributed by atoms with Gasteiger partial charge in [0.25, 0.3) is 5.91 Å². The van der Waals surface area contributed by atoms with Crippen LogP contribution in [0.15, 0.2) is 0 Å². The van der Waals surface area contributed by atoms with Gasteiger partial charge in [0, 0.05) is 0 Å². The van der Waals surface area contributed by atoms with Crippen LogP contribution < -0.4 is 5.48 Å². The number of carbonyl (C=O) groups excluding carboxylic acids is 1. The van der Waals surface area contributed by atoms with E-state index in [4.69, 9.17) is 4.84 Å². The molecular weight excluding hydrogens is 186 g/mol. The minimum Gasteiger partial charge on any atom is -0.273 e. The fourth-order valence-electron chi connectivity index (χ4n) is 0.561. The van der Waals surface area contributed by atoms with Crippen LogP contribution in [-0.2, 0) is 9.63 Å². The summed E-state index contributed by atoms with van der Waals surface area (Å²) < 4.78 is 0. The Balaban J connectivity index is 3.30. The van der Waals surface area contributed by atoms with E-state index in [2.05, 4.69) is 19.3 Å². The van der Waals surface area contributed by atoms with Crippen molar-refractivity contribution in [2.24, 2.45) is 5.92 Å². The Morgan fingerprint density at radius 3 is 2.46 bits per heavy atom. The second kappa shape index (κ2) is 7.21. The summed E-state index contributed by atoms with van der Waals surface area (Å²) in [5.41, 5.74) is 2.41. The van der Waals surface area contributed by atoms with Crippen molar-refractivity contribution in [1.29, 1.82) is 0 Å². The van der Waals surface area contributed by atoms with Gasteiger partial charge in [-0.05, 0) is 11.2 Å². The fourth-order valence-corrected chi connectivity index (χ4v) is 1.10. The second-order valence-corrected chi connectivity index (χ2v) is 5.15. The van der Waals surface area contributed by atoms with Crippen LogP contribution in [0.1, 0.15) is 27.7 Å². The molecule has 78 valence electrons. The third-order valence-electron chi connectivity index (χ3n) is 1.15. The fraction of sp³-hybridized carbons (Fsp3) is 0.889. The van der Waals surface area contributed by atoms with E-state index in [9.17, 15) is 4.79 Å². The first-order chi connectivity index (χ1) is 6.02. The summed E-state index contributed by atoms with van der Waals surface area (Å²) in [4.78, 5) is 16.0. The van der Waals surface area contributed by atoms with Crippen LogP contribution in [0, 0.1) is 5.92 Å². The van der Waals surface area contributed by atoms with Crippen LogP contribution in [0.25, 0.3) is 0 Å². The monoisotopic (exact) mass is 205 g/mol. The molecule has 0 aromatic rings. The SMILES string of the molecule is CC(C)CONC(=O)CSC(C)C. The van der Waals surface area contributed by atoms with Crippen LogP contribution >= 0.6 is 11.8 Å². The molecule has 13 heavy (non-hydrogen) atoms. The van der Waals surface area contributed by atoms with Gasteiger partial charge < -0.3 is 0 Å². The number of thioether (sulfide) groups is 1. The highest BCUT2D eigenvalue weighted by Gasteiger charge is 2.03. The summed E-state index contributed by atoms with van der Waals surface area (Å²) >= 11 is 1.61. The molecule has 0 aliphatic heterocycles. The molecule has 1 N–H and O–H groups in total. The van der Waals surface area contributed by atoms with E-state index >= 15 is 0 Å². The molecule has 0 bridgehead atoms. The third kappa shape index (κ3) is 9.70. The molecule has 3 nitrogen and oxygen atoms in total. The highest BCUT2D eigenvalue weighted by molar-refractivity contribution is 8.00. The Bertz CT molecular complexity index is 149. The molecule has 0 aromatic carbocycles. The standard InChI is InChI=1S/C9H19NO2S/c1-7(2)5-12-10-9(11)6-13-8(3)4/h7-8H,5-6H2,1-4H3,(H,10,11). The maximum atomic E-state index is 11.1. The van der Waals surface area contributed by atoms with Gasteiger partial charge in [-0.3, -0.25) is 9.63 Å².